The summed E-state index contributed by atoms with van der Waals surface area (Å²) in [6.07, 6.45) is 4.10. The van der Waals surface area contributed by atoms with Gasteiger partial charge in [-0.1, -0.05) is 12.8 Å². The van der Waals surface area contributed by atoms with Crippen LogP contribution in [0.25, 0.3) is 0 Å². The molecule has 1 aliphatic carbocycles. The quantitative estimate of drug-likeness (QED) is 0.441. The molecule has 0 unspecified atom stereocenters. The minimum absolute atomic E-state index is 0.556. The van der Waals surface area contributed by atoms with Crippen molar-refractivity contribution in [3.8, 4) is 0 Å². The van der Waals surface area contributed by atoms with Gasteiger partial charge in [0.2, 0.25) is 0 Å². The first-order chi connectivity index (χ1) is 3.21. The van der Waals surface area contributed by atoms with Crippen LogP contribution in [0.3, 0.4) is 0 Å². The van der Waals surface area contributed by atoms with E-state index >= 15 is 0 Å². The molecule has 1 aliphatic rings. The lowest BCUT2D eigenvalue weighted by molar-refractivity contribution is -0.00619. The molecule has 0 aromatic heterocycles. The van der Waals surface area contributed by atoms with Crippen LogP contribution in [0, 0.1) is 0 Å². The van der Waals surface area contributed by atoms with Crippen LogP contribution in [-0.4, -0.2) is 5.60 Å². The number of hydrogen-bond acceptors (Lipinski definition) is 0. The minimum atomic E-state index is -0.556. The predicted octanol–water partition coefficient (Wildman–Crippen LogP) is 1.75. The molecule has 1 fully saturated rings. The first-order valence-electron chi connectivity index (χ1n) is 2.91. The monoisotopic (exact) mass is 99.1 g/mol. The van der Waals surface area contributed by atoms with Crippen molar-refractivity contribution >= 4 is 0 Å². The highest BCUT2D eigenvalue weighted by atomic mass is 16.3. The lowest BCUT2D eigenvalue weighted by Crippen LogP contribution is -2.14. The van der Waals surface area contributed by atoms with Crippen molar-refractivity contribution in [2.75, 3.05) is 0 Å². The Morgan fingerprint density at radius 2 is 1.71 bits per heavy atom. The zero-order chi connectivity index (χ0) is 5.33. The zero-order valence-corrected chi connectivity index (χ0v) is 4.74. The normalized spacial score (nSPS) is 28.3. The van der Waals surface area contributed by atoms with E-state index in [9.17, 15) is 5.11 Å². The summed E-state index contributed by atoms with van der Waals surface area (Å²) in [5.74, 6) is 0. The van der Waals surface area contributed by atoms with Gasteiger partial charge in [0.05, 0.1) is 0 Å². The maximum atomic E-state index is 10.9. The van der Waals surface area contributed by atoms with E-state index in [1.165, 1.54) is 0 Å². The molecule has 0 heterocycles. The van der Waals surface area contributed by atoms with Gasteiger partial charge < -0.3 is 0 Å². The Labute approximate surface area is 44.4 Å². The standard InChI is InChI=1S/C6H11O/c1-6(7)4-2-3-5-6/h2-5H2,1H3. The van der Waals surface area contributed by atoms with Gasteiger partial charge in [0.25, 0.3) is 0 Å². The molecule has 0 spiro atoms. The fourth-order valence-electron chi connectivity index (χ4n) is 1.12. The summed E-state index contributed by atoms with van der Waals surface area (Å²) in [4.78, 5) is 0. The number of hydrogen-bond donors (Lipinski definition) is 0. The van der Waals surface area contributed by atoms with Crippen molar-refractivity contribution in [1.29, 1.82) is 0 Å². The Morgan fingerprint density at radius 3 is 1.86 bits per heavy atom. The fourth-order valence-corrected chi connectivity index (χ4v) is 1.12. The third-order valence-electron chi connectivity index (χ3n) is 1.66. The molecule has 0 N–H and O–H groups in total. The van der Waals surface area contributed by atoms with Crippen LogP contribution in [0.5, 0.6) is 0 Å². The molecule has 1 saturated carbocycles. The van der Waals surface area contributed by atoms with E-state index < -0.39 is 5.60 Å². The van der Waals surface area contributed by atoms with E-state index in [2.05, 4.69) is 0 Å². The van der Waals surface area contributed by atoms with Gasteiger partial charge in [-0.3, -0.25) is 0 Å². The van der Waals surface area contributed by atoms with Crippen molar-refractivity contribution < 1.29 is 5.11 Å². The molecule has 0 atom stereocenters. The lowest BCUT2D eigenvalue weighted by atomic mass is 10.1. The molecule has 0 aromatic rings. The van der Waals surface area contributed by atoms with Crippen LogP contribution in [0.15, 0.2) is 0 Å². The van der Waals surface area contributed by atoms with Gasteiger partial charge in [0.15, 0.2) is 0 Å². The number of rotatable bonds is 0. The van der Waals surface area contributed by atoms with E-state index in [0.717, 1.165) is 25.7 Å². The minimum Gasteiger partial charge on any atom is -0.230 e. The molecule has 1 rings (SSSR count). The van der Waals surface area contributed by atoms with E-state index in [1.807, 2.05) is 0 Å². The molecule has 1 radical (unpaired) electrons. The summed E-state index contributed by atoms with van der Waals surface area (Å²) >= 11 is 0. The van der Waals surface area contributed by atoms with Crippen LogP contribution < -0.4 is 0 Å². The highest BCUT2D eigenvalue weighted by molar-refractivity contribution is 4.77. The highest BCUT2D eigenvalue weighted by Crippen LogP contribution is 2.28. The summed E-state index contributed by atoms with van der Waals surface area (Å²) in [5.41, 5.74) is -0.556. The summed E-state index contributed by atoms with van der Waals surface area (Å²) in [7, 11) is 0. The first-order valence-corrected chi connectivity index (χ1v) is 2.91. The topological polar surface area (TPSA) is 19.9 Å². The average molecular weight is 99.2 g/mol. The molecule has 1 nitrogen and oxygen atoms in total. The van der Waals surface area contributed by atoms with Gasteiger partial charge in [-0.05, 0) is 19.8 Å². The smallest absolute Gasteiger partial charge is 0.101 e. The summed E-state index contributed by atoms with van der Waals surface area (Å²) in [5, 5.41) is 10.9. The van der Waals surface area contributed by atoms with Crippen LogP contribution in [0.1, 0.15) is 32.6 Å². The third kappa shape index (κ3) is 1.16. The largest absolute Gasteiger partial charge is 0.230 e. The molecule has 0 saturated heterocycles. The molecule has 0 aromatic carbocycles. The molecule has 1 heteroatoms. The molecule has 41 valence electrons. The van der Waals surface area contributed by atoms with E-state index in [4.69, 9.17) is 0 Å². The zero-order valence-electron chi connectivity index (χ0n) is 4.74. The van der Waals surface area contributed by atoms with E-state index in [0.29, 0.717) is 0 Å². The van der Waals surface area contributed by atoms with Crippen molar-refractivity contribution in [2.45, 2.75) is 38.2 Å². The summed E-state index contributed by atoms with van der Waals surface area (Å²) in [6.45, 7) is 1.81. The van der Waals surface area contributed by atoms with Crippen LogP contribution in [0.2, 0.25) is 0 Å². The Bertz CT molecular complexity index is 58.6. The molecular weight excluding hydrogens is 88.1 g/mol. The Balaban J connectivity index is 2.40. The van der Waals surface area contributed by atoms with E-state index in [-0.39, 0.29) is 0 Å². The first kappa shape index (κ1) is 5.10. The van der Waals surface area contributed by atoms with Crippen molar-refractivity contribution in [1.82, 2.24) is 0 Å². The van der Waals surface area contributed by atoms with Crippen molar-refractivity contribution in [3.05, 3.63) is 0 Å². The van der Waals surface area contributed by atoms with Gasteiger partial charge in [-0.15, -0.1) is 0 Å². The Kier molecular flexibility index (Phi) is 1.08. The lowest BCUT2D eigenvalue weighted by Gasteiger charge is -2.08. The van der Waals surface area contributed by atoms with Gasteiger partial charge >= 0.3 is 0 Å². The van der Waals surface area contributed by atoms with Gasteiger partial charge in [0, 0.05) is 0 Å². The van der Waals surface area contributed by atoms with Crippen LogP contribution in [0.4, 0.5) is 0 Å². The van der Waals surface area contributed by atoms with Crippen molar-refractivity contribution in [3.63, 3.8) is 0 Å². The Hall–Kier alpha value is -0.0400. The second kappa shape index (κ2) is 1.48. The third-order valence-corrected chi connectivity index (χ3v) is 1.66. The Morgan fingerprint density at radius 1 is 1.29 bits per heavy atom. The fraction of sp³-hybridized carbons (Fsp3) is 1.00. The second-order valence-corrected chi connectivity index (χ2v) is 2.66. The van der Waals surface area contributed by atoms with Crippen LogP contribution in [-0.2, 0) is 5.11 Å². The summed E-state index contributed by atoms with van der Waals surface area (Å²) < 4.78 is 0. The maximum Gasteiger partial charge on any atom is 0.101 e. The molecule has 0 bridgehead atoms. The predicted molar refractivity (Wildman–Crippen MR) is 27.6 cm³/mol. The van der Waals surface area contributed by atoms with E-state index in [1.54, 1.807) is 6.92 Å². The average Bonchev–Trinajstić information content (AvgIpc) is 1.84. The highest BCUT2D eigenvalue weighted by Gasteiger charge is 2.26. The van der Waals surface area contributed by atoms with Gasteiger partial charge in [-0.25, -0.2) is 5.11 Å². The molecular formula is C6H11O. The van der Waals surface area contributed by atoms with Gasteiger partial charge in [-0.2, -0.15) is 0 Å². The van der Waals surface area contributed by atoms with Gasteiger partial charge in [0.1, 0.15) is 5.60 Å². The van der Waals surface area contributed by atoms with Crippen molar-refractivity contribution in [2.24, 2.45) is 0 Å². The SMILES string of the molecule is CC1([O])CCCC1. The maximum absolute atomic E-state index is 10.9. The molecule has 7 heavy (non-hydrogen) atoms. The molecule has 0 amide bonds. The van der Waals surface area contributed by atoms with Crippen LogP contribution >= 0.6 is 0 Å². The second-order valence-electron chi connectivity index (χ2n) is 2.66. The summed E-state index contributed by atoms with van der Waals surface area (Å²) in [6, 6.07) is 0. The molecule has 0 aliphatic heterocycles.